The molecule has 1 aromatic carbocycles. The third-order valence-electron chi connectivity index (χ3n) is 3.98. The van der Waals surface area contributed by atoms with Crippen LogP contribution in [0.4, 0.5) is 0 Å². The molecule has 5 heteroatoms. The number of thioether (sulfide) groups is 1. The lowest BCUT2D eigenvalue weighted by Gasteiger charge is -2.30. The van der Waals surface area contributed by atoms with Crippen molar-refractivity contribution in [2.75, 3.05) is 0 Å². The van der Waals surface area contributed by atoms with Crippen molar-refractivity contribution in [1.82, 2.24) is 10.2 Å². The Morgan fingerprint density at radius 2 is 2.00 bits per heavy atom. The average molecular weight is 304 g/mol. The molecule has 2 amide bonds. The van der Waals surface area contributed by atoms with E-state index < -0.39 is 6.04 Å². The summed E-state index contributed by atoms with van der Waals surface area (Å²) in [4.78, 5) is 27.0. The summed E-state index contributed by atoms with van der Waals surface area (Å²) >= 11 is 1.69. The molecule has 0 spiro atoms. The van der Waals surface area contributed by atoms with Crippen LogP contribution in [0.1, 0.15) is 49.0 Å². The molecule has 0 aliphatic carbocycles. The molecule has 1 aromatic rings. The summed E-state index contributed by atoms with van der Waals surface area (Å²) in [5.41, 5.74) is 1.76. The normalized spacial score (nSPS) is 26.0. The minimum absolute atomic E-state index is 0.0300. The Bertz CT molecular complexity index is 612. The molecule has 0 radical (unpaired) electrons. The minimum atomic E-state index is -0.435. The van der Waals surface area contributed by atoms with Gasteiger partial charge in [-0.25, -0.2) is 0 Å². The quantitative estimate of drug-likeness (QED) is 0.913. The number of rotatable bonds is 2. The van der Waals surface area contributed by atoms with Crippen LogP contribution >= 0.6 is 11.8 Å². The van der Waals surface area contributed by atoms with Crippen LogP contribution in [0.5, 0.6) is 0 Å². The fourth-order valence-electron chi connectivity index (χ4n) is 3.17. The van der Waals surface area contributed by atoms with Crippen LogP contribution in [0.25, 0.3) is 0 Å². The van der Waals surface area contributed by atoms with E-state index in [1.54, 1.807) is 16.7 Å². The van der Waals surface area contributed by atoms with Crippen molar-refractivity contribution in [2.24, 2.45) is 0 Å². The summed E-state index contributed by atoms with van der Waals surface area (Å²) in [7, 11) is 0. The van der Waals surface area contributed by atoms with Gasteiger partial charge in [-0.2, -0.15) is 0 Å². The molecular weight excluding hydrogens is 284 g/mol. The van der Waals surface area contributed by atoms with Crippen molar-refractivity contribution in [3.05, 3.63) is 35.4 Å². The number of amides is 2. The number of carbonyl (C=O) groups is 2. The van der Waals surface area contributed by atoms with Crippen molar-refractivity contribution < 1.29 is 9.59 Å². The molecule has 21 heavy (non-hydrogen) atoms. The highest BCUT2D eigenvalue weighted by atomic mass is 32.2. The maximum Gasteiger partial charge on any atom is 0.256 e. The Morgan fingerprint density at radius 3 is 2.67 bits per heavy atom. The zero-order valence-electron chi connectivity index (χ0n) is 12.7. The van der Waals surface area contributed by atoms with E-state index in [4.69, 9.17) is 0 Å². The van der Waals surface area contributed by atoms with E-state index >= 15 is 0 Å². The predicted molar refractivity (Wildman–Crippen MR) is 84.1 cm³/mol. The lowest BCUT2D eigenvalue weighted by molar-refractivity contribution is -0.126. The summed E-state index contributed by atoms with van der Waals surface area (Å²) in [5, 5.41) is 2.90. The second kappa shape index (κ2) is 4.77. The molecule has 1 N–H and O–H groups in total. The number of fused-ring (bicyclic) bond motifs is 3. The van der Waals surface area contributed by atoms with E-state index in [1.165, 1.54) is 0 Å². The zero-order chi connectivity index (χ0) is 15.4. The second-order valence-corrected chi connectivity index (χ2v) is 8.17. The van der Waals surface area contributed by atoms with Gasteiger partial charge in [0.05, 0.1) is 0 Å². The lowest BCUT2D eigenvalue weighted by Crippen LogP contribution is -2.53. The maximum atomic E-state index is 12.7. The number of carbonyl (C=O) groups excluding carboxylic acids is 2. The molecule has 0 saturated carbocycles. The number of nitrogens with one attached hydrogen (secondary N) is 1. The van der Waals surface area contributed by atoms with Crippen molar-refractivity contribution in [3.63, 3.8) is 0 Å². The van der Waals surface area contributed by atoms with Crippen LogP contribution in [0.2, 0.25) is 0 Å². The first-order valence-corrected chi connectivity index (χ1v) is 8.10. The molecule has 112 valence electrons. The van der Waals surface area contributed by atoms with Crippen molar-refractivity contribution in [2.45, 2.75) is 49.9 Å². The van der Waals surface area contributed by atoms with Gasteiger partial charge in [0.25, 0.3) is 5.91 Å². The molecule has 2 aliphatic heterocycles. The SMILES string of the molecule is CC(C)NC(=O)[C@H]1N2C(=O)c3ccccc3[C@@H]2SC1(C)C. The van der Waals surface area contributed by atoms with E-state index in [0.717, 1.165) is 11.1 Å². The van der Waals surface area contributed by atoms with Crippen LogP contribution in [-0.4, -0.2) is 33.5 Å². The van der Waals surface area contributed by atoms with Crippen molar-refractivity contribution >= 4 is 23.6 Å². The van der Waals surface area contributed by atoms with Gasteiger partial charge >= 0.3 is 0 Å². The summed E-state index contributed by atoms with van der Waals surface area (Å²) in [6.07, 6.45) is 0. The summed E-state index contributed by atoms with van der Waals surface area (Å²) < 4.78 is -0.299. The molecular formula is C16H20N2O2S. The standard InChI is InChI=1S/C16H20N2O2S/c1-9(2)17-13(19)12-16(3,4)21-15-11-8-6-5-7-10(11)14(20)18(12)15/h5-9,12,15H,1-4H3,(H,17,19)/t12-,15+/m1/s1. The van der Waals surface area contributed by atoms with E-state index in [0.29, 0.717) is 0 Å². The lowest BCUT2D eigenvalue weighted by atomic mass is 10.0. The largest absolute Gasteiger partial charge is 0.352 e. The van der Waals surface area contributed by atoms with Crippen LogP contribution < -0.4 is 5.32 Å². The molecule has 0 unspecified atom stereocenters. The highest BCUT2D eigenvalue weighted by Crippen LogP contribution is 2.56. The highest BCUT2D eigenvalue weighted by molar-refractivity contribution is 8.01. The number of hydrogen-bond acceptors (Lipinski definition) is 3. The van der Waals surface area contributed by atoms with Gasteiger partial charge in [-0.3, -0.25) is 9.59 Å². The Hall–Kier alpha value is -1.49. The Kier molecular flexibility index (Phi) is 3.28. The van der Waals surface area contributed by atoms with Gasteiger partial charge in [-0.05, 0) is 39.3 Å². The van der Waals surface area contributed by atoms with Crippen LogP contribution in [-0.2, 0) is 4.79 Å². The van der Waals surface area contributed by atoms with E-state index in [-0.39, 0.29) is 28.0 Å². The van der Waals surface area contributed by atoms with Gasteiger partial charge in [-0.1, -0.05) is 18.2 Å². The summed E-state index contributed by atoms with van der Waals surface area (Å²) in [6.45, 7) is 7.95. The third kappa shape index (κ3) is 2.14. The smallest absolute Gasteiger partial charge is 0.256 e. The van der Waals surface area contributed by atoms with Gasteiger partial charge in [-0.15, -0.1) is 11.8 Å². The highest BCUT2D eigenvalue weighted by Gasteiger charge is 2.57. The van der Waals surface area contributed by atoms with Gasteiger partial charge < -0.3 is 10.2 Å². The Morgan fingerprint density at radius 1 is 1.33 bits per heavy atom. The van der Waals surface area contributed by atoms with E-state index in [9.17, 15) is 9.59 Å². The average Bonchev–Trinajstić information content (AvgIpc) is 2.81. The predicted octanol–water partition coefficient (Wildman–Crippen LogP) is 2.56. The van der Waals surface area contributed by atoms with Crippen molar-refractivity contribution in [3.8, 4) is 0 Å². The number of benzene rings is 1. The molecule has 1 fully saturated rings. The molecule has 4 nitrogen and oxygen atoms in total. The molecule has 1 saturated heterocycles. The van der Waals surface area contributed by atoms with Gasteiger partial charge in [0.1, 0.15) is 11.4 Å². The topological polar surface area (TPSA) is 49.4 Å². The van der Waals surface area contributed by atoms with E-state index in [2.05, 4.69) is 5.32 Å². The monoisotopic (exact) mass is 304 g/mol. The molecule has 2 atom stereocenters. The minimum Gasteiger partial charge on any atom is -0.352 e. The maximum absolute atomic E-state index is 12.7. The van der Waals surface area contributed by atoms with Crippen LogP contribution in [0, 0.1) is 0 Å². The Balaban J connectivity index is 2.00. The fourth-order valence-corrected chi connectivity index (χ4v) is 4.76. The van der Waals surface area contributed by atoms with Gasteiger partial charge in [0.2, 0.25) is 5.91 Å². The fraction of sp³-hybridized carbons (Fsp3) is 0.500. The molecule has 3 rings (SSSR count). The zero-order valence-corrected chi connectivity index (χ0v) is 13.5. The third-order valence-corrected chi connectivity index (χ3v) is 5.51. The molecule has 0 aromatic heterocycles. The molecule has 2 heterocycles. The summed E-state index contributed by atoms with van der Waals surface area (Å²) in [5.74, 6) is -0.0938. The number of nitrogens with zero attached hydrogens (tertiary/aromatic N) is 1. The first kappa shape index (κ1) is 14.4. The van der Waals surface area contributed by atoms with Gasteiger partial charge in [0.15, 0.2) is 0 Å². The van der Waals surface area contributed by atoms with Crippen LogP contribution in [0.15, 0.2) is 24.3 Å². The second-order valence-electron chi connectivity index (χ2n) is 6.44. The first-order chi connectivity index (χ1) is 9.83. The molecule has 0 bridgehead atoms. The molecule has 2 aliphatic rings. The van der Waals surface area contributed by atoms with Gasteiger partial charge in [0, 0.05) is 16.4 Å². The number of hydrogen-bond donors (Lipinski definition) is 1. The van der Waals surface area contributed by atoms with E-state index in [1.807, 2.05) is 52.0 Å². The Labute approximate surface area is 129 Å². The first-order valence-electron chi connectivity index (χ1n) is 7.22. The van der Waals surface area contributed by atoms with Crippen LogP contribution in [0.3, 0.4) is 0 Å². The summed E-state index contributed by atoms with van der Waals surface area (Å²) in [6, 6.07) is 7.29. The van der Waals surface area contributed by atoms with Crippen molar-refractivity contribution in [1.29, 1.82) is 0 Å².